The van der Waals surface area contributed by atoms with Crippen LogP contribution in [0.2, 0.25) is 0 Å². The lowest BCUT2D eigenvalue weighted by Gasteiger charge is -2.18. The zero-order chi connectivity index (χ0) is 13.7. The smallest absolute Gasteiger partial charge is 0.0767 e. The minimum atomic E-state index is -0.238. The summed E-state index contributed by atoms with van der Waals surface area (Å²) in [7, 11) is 2.08. The van der Waals surface area contributed by atoms with E-state index in [-0.39, 0.29) is 6.10 Å². The number of rotatable bonds is 7. The second kappa shape index (κ2) is 7.26. The Kier molecular flexibility index (Phi) is 6.32. The van der Waals surface area contributed by atoms with Gasteiger partial charge in [-0.1, -0.05) is 6.92 Å². The van der Waals surface area contributed by atoms with Gasteiger partial charge in [0.25, 0.3) is 0 Å². The Morgan fingerprint density at radius 2 is 2.11 bits per heavy atom. The van der Waals surface area contributed by atoms with Crippen LogP contribution in [-0.4, -0.2) is 39.5 Å². The van der Waals surface area contributed by atoms with Crippen molar-refractivity contribution in [1.82, 2.24) is 14.7 Å². The van der Waals surface area contributed by atoms with Crippen molar-refractivity contribution in [2.45, 2.75) is 52.8 Å². The number of aliphatic hydroxyl groups excluding tert-OH is 1. The minimum Gasteiger partial charge on any atom is -0.393 e. The maximum Gasteiger partial charge on any atom is 0.0767 e. The molecule has 0 radical (unpaired) electrons. The fourth-order valence-electron chi connectivity index (χ4n) is 1.91. The first kappa shape index (κ1) is 15.7. The molecule has 1 rings (SSSR count). The average Bonchev–Trinajstić information content (AvgIpc) is 2.63. The Balaban J connectivity index is 2.73. The molecule has 18 heavy (non-hydrogen) atoms. The molecular formula is C13H24BrN3O. The number of hydrogen-bond acceptors (Lipinski definition) is 3. The van der Waals surface area contributed by atoms with Crippen LogP contribution in [0.25, 0.3) is 0 Å². The maximum atomic E-state index is 9.31. The molecule has 0 aromatic carbocycles. The number of aromatic nitrogens is 2. The van der Waals surface area contributed by atoms with E-state index in [4.69, 9.17) is 0 Å². The third-order valence-electron chi connectivity index (χ3n) is 3.04. The van der Waals surface area contributed by atoms with E-state index in [0.29, 0.717) is 0 Å². The highest BCUT2D eigenvalue weighted by Crippen LogP contribution is 2.23. The fraction of sp³-hybridized carbons (Fsp3) is 0.769. The first-order valence-corrected chi connectivity index (χ1v) is 7.39. The van der Waals surface area contributed by atoms with E-state index < -0.39 is 0 Å². The van der Waals surface area contributed by atoms with Crippen LogP contribution < -0.4 is 0 Å². The summed E-state index contributed by atoms with van der Waals surface area (Å²) in [6.45, 7) is 8.69. The third-order valence-corrected chi connectivity index (χ3v) is 3.96. The Morgan fingerprint density at radius 3 is 2.61 bits per heavy atom. The lowest BCUT2D eigenvalue weighted by atomic mass is 10.2. The van der Waals surface area contributed by atoms with Crippen molar-refractivity contribution in [1.29, 1.82) is 0 Å². The number of aliphatic hydroxyl groups is 1. The fourth-order valence-corrected chi connectivity index (χ4v) is 2.60. The van der Waals surface area contributed by atoms with E-state index in [1.54, 1.807) is 0 Å². The molecule has 1 unspecified atom stereocenters. The molecular weight excluding hydrogens is 294 g/mol. The van der Waals surface area contributed by atoms with Gasteiger partial charge in [-0.05, 0) is 49.7 Å². The molecule has 1 heterocycles. The molecule has 0 fully saturated rings. The molecule has 0 aliphatic heterocycles. The zero-order valence-electron chi connectivity index (χ0n) is 11.8. The molecule has 0 saturated heterocycles. The van der Waals surface area contributed by atoms with Crippen LogP contribution in [0.1, 0.15) is 38.6 Å². The Labute approximate surface area is 118 Å². The number of aryl methyl sites for hydroxylation is 2. The van der Waals surface area contributed by atoms with Crippen molar-refractivity contribution >= 4 is 15.9 Å². The Bertz CT molecular complexity index is 377. The normalized spacial score (nSPS) is 13.3. The van der Waals surface area contributed by atoms with Crippen LogP contribution in [0.4, 0.5) is 0 Å². The van der Waals surface area contributed by atoms with Gasteiger partial charge in [0, 0.05) is 19.6 Å². The van der Waals surface area contributed by atoms with Gasteiger partial charge in [-0.15, -0.1) is 0 Å². The molecule has 0 amide bonds. The van der Waals surface area contributed by atoms with Crippen LogP contribution in [0.3, 0.4) is 0 Å². The lowest BCUT2D eigenvalue weighted by Crippen LogP contribution is -2.23. The van der Waals surface area contributed by atoms with E-state index in [0.717, 1.165) is 42.6 Å². The largest absolute Gasteiger partial charge is 0.393 e. The monoisotopic (exact) mass is 317 g/mol. The van der Waals surface area contributed by atoms with Crippen LogP contribution in [0, 0.1) is 0 Å². The van der Waals surface area contributed by atoms with Crippen LogP contribution in [0.15, 0.2) is 4.47 Å². The lowest BCUT2D eigenvalue weighted by molar-refractivity contribution is 0.162. The van der Waals surface area contributed by atoms with Gasteiger partial charge in [0.2, 0.25) is 0 Å². The standard InChI is InChI=1S/C13H24BrN3O/c1-5-11-13(14)12(17(6-2)15-11)9-16(4)8-7-10(3)18/h10,18H,5-9H2,1-4H3. The molecule has 4 nitrogen and oxygen atoms in total. The van der Waals surface area contributed by atoms with Crippen LogP contribution in [0.5, 0.6) is 0 Å². The first-order valence-electron chi connectivity index (χ1n) is 6.60. The van der Waals surface area contributed by atoms with Gasteiger partial charge in [-0.2, -0.15) is 5.10 Å². The second-order valence-corrected chi connectivity index (χ2v) is 5.55. The predicted molar refractivity (Wildman–Crippen MR) is 77.6 cm³/mol. The number of nitrogens with zero attached hydrogens (tertiary/aromatic N) is 3. The van der Waals surface area contributed by atoms with Crippen molar-refractivity contribution in [3.63, 3.8) is 0 Å². The van der Waals surface area contributed by atoms with Crippen molar-refractivity contribution in [3.8, 4) is 0 Å². The number of halogens is 1. The Morgan fingerprint density at radius 1 is 1.44 bits per heavy atom. The summed E-state index contributed by atoms with van der Waals surface area (Å²) >= 11 is 3.65. The highest BCUT2D eigenvalue weighted by Gasteiger charge is 2.15. The number of hydrogen-bond donors (Lipinski definition) is 1. The third kappa shape index (κ3) is 4.07. The summed E-state index contributed by atoms with van der Waals surface area (Å²) in [6.07, 6.45) is 1.51. The highest BCUT2D eigenvalue weighted by atomic mass is 79.9. The average molecular weight is 318 g/mol. The summed E-state index contributed by atoms with van der Waals surface area (Å²) in [5.74, 6) is 0. The van der Waals surface area contributed by atoms with E-state index in [1.807, 2.05) is 6.92 Å². The first-order chi connectivity index (χ1) is 8.49. The van der Waals surface area contributed by atoms with E-state index in [9.17, 15) is 5.11 Å². The molecule has 1 aromatic rings. The van der Waals surface area contributed by atoms with Gasteiger partial charge < -0.3 is 10.0 Å². The molecule has 1 atom stereocenters. The maximum absolute atomic E-state index is 9.31. The second-order valence-electron chi connectivity index (χ2n) is 4.75. The van der Waals surface area contributed by atoms with Gasteiger partial charge in [0.05, 0.1) is 22.0 Å². The molecule has 0 bridgehead atoms. The van der Waals surface area contributed by atoms with E-state index >= 15 is 0 Å². The van der Waals surface area contributed by atoms with Gasteiger partial charge in [0.15, 0.2) is 0 Å². The molecule has 0 saturated carbocycles. The van der Waals surface area contributed by atoms with Crippen molar-refractivity contribution in [2.24, 2.45) is 0 Å². The summed E-state index contributed by atoms with van der Waals surface area (Å²) in [4.78, 5) is 2.22. The SMILES string of the molecule is CCc1nn(CC)c(CN(C)CCC(C)O)c1Br. The van der Waals surface area contributed by atoms with Crippen LogP contribution >= 0.6 is 15.9 Å². The quantitative estimate of drug-likeness (QED) is 0.839. The van der Waals surface area contributed by atoms with Crippen LogP contribution in [-0.2, 0) is 19.5 Å². The zero-order valence-corrected chi connectivity index (χ0v) is 13.4. The molecule has 104 valence electrons. The topological polar surface area (TPSA) is 41.3 Å². The summed E-state index contributed by atoms with van der Waals surface area (Å²) in [6, 6.07) is 0. The summed E-state index contributed by atoms with van der Waals surface area (Å²) < 4.78 is 3.19. The van der Waals surface area contributed by atoms with Crippen molar-refractivity contribution in [2.75, 3.05) is 13.6 Å². The summed E-state index contributed by atoms with van der Waals surface area (Å²) in [5.41, 5.74) is 2.35. The van der Waals surface area contributed by atoms with Gasteiger partial charge >= 0.3 is 0 Å². The van der Waals surface area contributed by atoms with E-state index in [2.05, 4.69) is 51.5 Å². The highest BCUT2D eigenvalue weighted by molar-refractivity contribution is 9.10. The molecule has 1 N–H and O–H groups in total. The predicted octanol–water partition coefficient (Wildman–Crippen LogP) is 2.43. The molecule has 0 spiro atoms. The van der Waals surface area contributed by atoms with Crippen molar-refractivity contribution < 1.29 is 5.11 Å². The minimum absolute atomic E-state index is 0.238. The molecule has 1 aromatic heterocycles. The molecule has 5 heteroatoms. The van der Waals surface area contributed by atoms with Crippen molar-refractivity contribution in [3.05, 3.63) is 15.9 Å². The van der Waals surface area contributed by atoms with E-state index in [1.165, 1.54) is 5.69 Å². The molecule has 0 aliphatic carbocycles. The summed E-state index contributed by atoms with van der Waals surface area (Å²) in [5, 5.41) is 13.9. The van der Waals surface area contributed by atoms with Gasteiger partial charge in [0.1, 0.15) is 0 Å². The molecule has 0 aliphatic rings. The van der Waals surface area contributed by atoms with Gasteiger partial charge in [-0.3, -0.25) is 4.68 Å². The van der Waals surface area contributed by atoms with Gasteiger partial charge in [-0.25, -0.2) is 0 Å². The Hall–Kier alpha value is -0.390.